The minimum absolute atomic E-state index is 0.115. The quantitative estimate of drug-likeness (QED) is 0.205. The van der Waals surface area contributed by atoms with Crippen molar-refractivity contribution >= 4 is 29.1 Å². The molecule has 0 saturated heterocycles. The number of nitrogens with one attached hydrogen (secondary N) is 1. The van der Waals surface area contributed by atoms with Crippen LogP contribution in [0.3, 0.4) is 0 Å². The fourth-order valence-electron chi connectivity index (χ4n) is 7.87. The largest absolute Gasteiger partial charge is 0.397 e. The molecule has 5 rings (SSSR count). The zero-order valence-corrected chi connectivity index (χ0v) is 31.7. The summed E-state index contributed by atoms with van der Waals surface area (Å²) < 4.78 is 15.8. The first-order chi connectivity index (χ1) is 23.3. The molecule has 8 heteroatoms. The minimum Gasteiger partial charge on any atom is -0.397 e. The van der Waals surface area contributed by atoms with Crippen LogP contribution in [0.2, 0.25) is 0 Å². The Hall–Kier alpha value is -4.30. The van der Waals surface area contributed by atoms with E-state index in [-0.39, 0.29) is 22.1 Å². The van der Waals surface area contributed by atoms with Crippen molar-refractivity contribution in [3.8, 4) is 0 Å². The molecule has 0 fully saturated rings. The van der Waals surface area contributed by atoms with Crippen molar-refractivity contribution in [1.82, 2.24) is 10.3 Å². The lowest BCUT2D eigenvalue weighted by molar-refractivity contribution is 0.218. The highest BCUT2D eigenvalue weighted by molar-refractivity contribution is 5.97. The van der Waals surface area contributed by atoms with Crippen LogP contribution in [0, 0.1) is 16.6 Å². The Bertz CT molecular complexity index is 1830. The second kappa shape index (κ2) is 13.4. The van der Waals surface area contributed by atoms with Crippen LogP contribution in [-0.2, 0) is 17.3 Å². The molecule has 3 aliphatic rings. The van der Waals surface area contributed by atoms with Crippen molar-refractivity contribution in [3.63, 3.8) is 0 Å². The Labute approximate surface area is 299 Å². The number of fused-ring (bicyclic) bond motifs is 2. The van der Waals surface area contributed by atoms with Gasteiger partial charge < -0.3 is 10.6 Å². The number of allylic oxidation sites excluding steroid dienone is 2. The van der Waals surface area contributed by atoms with Crippen LogP contribution in [-0.4, -0.2) is 43.3 Å². The summed E-state index contributed by atoms with van der Waals surface area (Å²) in [6.07, 6.45) is 10.0. The second-order valence-corrected chi connectivity index (χ2v) is 16.9. The number of halogens is 1. The number of rotatable bonds is 9. The van der Waals surface area contributed by atoms with Gasteiger partial charge in [-0.1, -0.05) is 79.8 Å². The van der Waals surface area contributed by atoms with Crippen molar-refractivity contribution in [2.45, 2.75) is 91.4 Å². The maximum absolute atomic E-state index is 15.8. The van der Waals surface area contributed by atoms with E-state index in [0.29, 0.717) is 22.7 Å². The van der Waals surface area contributed by atoms with Gasteiger partial charge in [0.05, 0.1) is 23.3 Å². The third-order valence-electron chi connectivity index (χ3n) is 10.5. The zero-order valence-electron chi connectivity index (χ0n) is 31.7. The molecule has 0 amide bonds. The van der Waals surface area contributed by atoms with E-state index in [1.807, 2.05) is 24.3 Å². The van der Waals surface area contributed by atoms with E-state index in [0.717, 1.165) is 78.1 Å². The van der Waals surface area contributed by atoms with Crippen molar-refractivity contribution < 1.29 is 4.39 Å². The van der Waals surface area contributed by atoms with Crippen LogP contribution in [0.1, 0.15) is 102 Å². The van der Waals surface area contributed by atoms with Gasteiger partial charge in [0.2, 0.25) is 0 Å². The molecular formula is C42H56FN7. The molecule has 2 aromatic carbocycles. The summed E-state index contributed by atoms with van der Waals surface area (Å²) in [4.78, 5) is 7.23. The molecule has 0 radical (unpaired) electrons. The summed E-state index contributed by atoms with van der Waals surface area (Å²) in [5.74, 6) is 0.464. The SMILES string of the molecule is C=CC1(/C=C(/N=C2CCC(CC(C)(C)CN(C)C)=NN2)C(=C)N)c2cccc(N3N=Cc4cc(C(C)(C)C)cc(F)c4C3=C)c2CCC1(C)C. The Kier molecular flexibility index (Phi) is 9.94. The van der Waals surface area contributed by atoms with Gasteiger partial charge in [0.1, 0.15) is 11.7 Å². The summed E-state index contributed by atoms with van der Waals surface area (Å²) in [5.41, 5.74) is 16.5. The molecule has 2 heterocycles. The van der Waals surface area contributed by atoms with Crippen LogP contribution in [0.25, 0.3) is 5.70 Å². The highest BCUT2D eigenvalue weighted by atomic mass is 19.1. The number of benzene rings is 2. The second-order valence-electron chi connectivity index (χ2n) is 16.9. The topological polar surface area (TPSA) is 81.6 Å². The average Bonchev–Trinajstić information content (AvgIpc) is 3.01. The van der Waals surface area contributed by atoms with E-state index >= 15 is 4.39 Å². The molecule has 50 heavy (non-hydrogen) atoms. The van der Waals surface area contributed by atoms with Crippen LogP contribution in [0.15, 0.2) is 88.8 Å². The van der Waals surface area contributed by atoms with Gasteiger partial charge in [-0.15, -0.1) is 6.58 Å². The van der Waals surface area contributed by atoms with E-state index in [2.05, 4.69) is 105 Å². The molecule has 0 saturated carbocycles. The molecular weight excluding hydrogens is 622 g/mol. The van der Waals surface area contributed by atoms with Crippen molar-refractivity contribution in [2.75, 3.05) is 25.6 Å². The summed E-state index contributed by atoms with van der Waals surface area (Å²) in [5, 5.41) is 11.3. The predicted molar refractivity (Wildman–Crippen MR) is 210 cm³/mol. The van der Waals surface area contributed by atoms with E-state index in [9.17, 15) is 0 Å². The normalized spacial score (nSPS) is 21.5. The number of hydrazone groups is 2. The highest BCUT2D eigenvalue weighted by Gasteiger charge is 2.48. The van der Waals surface area contributed by atoms with Crippen molar-refractivity contribution in [2.24, 2.45) is 31.8 Å². The first-order valence-corrected chi connectivity index (χ1v) is 17.6. The van der Waals surface area contributed by atoms with E-state index in [1.54, 1.807) is 17.3 Å². The molecule has 0 spiro atoms. The van der Waals surface area contributed by atoms with Gasteiger partial charge in [0.15, 0.2) is 0 Å². The maximum Gasteiger partial charge on any atom is 0.133 e. The molecule has 2 aromatic rings. The van der Waals surface area contributed by atoms with Gasteiger partial charge in [-0.2, -0.15) is 10.2 Å². The average molecular weight is 678 g/mol. The molecule has 1 atom stereocenters. The van der Waals surface area contributed by atoms with Crippen LogP contribution in [0.5, 0.6) is 0 Å². The molecule has 3 N–H and O–H groups in total. The summed E-state index contributed by atoms with van der Waals surface area (Å²) in [6.45, 7) is 29.1. The number of hydrogen-bond acceptors (Lipinski definition) is 6. The fourth-order valence-corrected chi connectivity index (χ4v) is 7.87. The molecule has 0 bridgehead atoms. The lowest BCUT2D eigenvalue weighted by Gasteiger charge is -2.49. The number of aliphatic imine (C=N–C) groups is 1. The van der Waals surface area contributed by atoms with E-state index in [1.165, 1.54) is 0 Å². The first-order valence-electron chi connectivity index (χ1n) is 17.6. The number of anilines is 1. The highest BCUT2D eigenvalue weighted by Crippen LogP contribution is 2.54. The van der Waals surface area contributed by atoms with Gasteiger partial charge in [-0.25, -0.2) is 14.4 Å². The number of nitrogens with zero attached hydrogens (tertiary/aromatic N) is 5. The Morgan fingerprint density at radius 2 is 1.86 bits per heavy atom. The van der Waals surface area contributed by atoms with Crippen molar-refractivity contribution in [3.05, 3.63) is 107 Å². The summed E-state index contributed by atoms with van der Waals surface area (Å²) in [6, 6.07) is 9.85. The Morgan fingerprint density at radius 3 is 2.46 bits per heavy atom. The maximum atomic E-state index is 15.8. The number of amidine groups is 1. The van der Waals surface area contributed by atoms with Crippen molar-refractivity contribution in [1.29, 1.82) is 0 Å². The molecule has 266 valence electrons. The molecule has 0 aromatic heterocycles. The Morgan fingerprint density at radius 1 is 1.14 bits per heavy atom. The van der Waals surface area contributed by atoms with Gasteiger partial charge in [0, 0.05) is 40.9 Å². The lowest BCUT2D eigenvalue weighted by Crippen LogP contribution is -2.44. The first kappa shape index (κ1) is 37.0. The predicted octanol–water partition coefficient (Wildman–Crippen LogP) is 8.82. The van der Waals surface area contributed by atoms with E-state index < -0.39 is 5.41 Å². The molecule has 7 nitrogen and oxygen atoms in total. The standard InChI is InChI=1S/C42H56FN7/c1-13-42(24-35(27(2)44)46-37-18-17-31(47-48-37)23-40(7,8)26-49(11)12)33-15-14-16-36(32(33)19-20-41(42,9)10)50-28(3)38-29(25-45-50)21-30(22-34(38)43)39(4,5)6/h13-16,21-22,24-25H,1-3,17-20,23,26,44H2,4-12H3,(H,46,48)/b35-24+. The van der Waals surface area contributed by atoms with Gasteiger partial charge in [-0.3, -0.25) is 5.43 Å². The summed E-state index contributed by atoms with van der Waals surface area (Å²) in [7, 11) is 4.20. The van der Waals surface area contributed by atoms with Gasteiger partial charge in [0.25, 0.3) is 0 Å². The Balaban J connectivity index is 1.53. The minimum atomic E-state index is -0.650. The zero-order chi connectivity index (χ0) is 36.8. The third-order valence-corrected chi connectivity index (χ3v) is 10.5. The molecule has 2 aliphatic heterocycles. The summed E-state index contributed by atoms with van der Waals surface area (Å²) >= 11 is 0. The van der Waals surface area contributed by atoms with Gasteiger partial charge >= 0.3 is 0 Å². The van der Waals surface area contributed by atoms with E-state index in [4.69, 9.17) is 20.9 Å². The number of nitrogens with two attached hydrogens (primary N) is 1. The molecule has 1 unspecified atom stereocenters. The van der Waals surface area contributed by atoms with Crippen LogP contribution < -0.4 is 16.2 Å². The van der Waals surface area contributed by atoms with Crippen LogP contribution in [0.4, 0.5) is 10.1 Å². The molecule has 1 aliphatic carbocycles. The fraction of sp³-hybridized carbons (Fsp3) is 0.452. The third kappa shape index (κ3) is 7.13. The monoisotopic (exact) mass is 677 g/mol. The van der Waals surface area contributed by atoms with Crippen LogP contribution >= 0.6 is 0 Å². The lowest BCUT2D eigenvalue weighted by atomic mass is 9.55. The smallest absolute Gasteiger partial charge is 0.133 e. The number of hydrogen-bond donors (Lipinski definition) is 2. The van der Waals surface area contributed by atoms with Gasteiger partial charge in [-0.05, 0) is 97.0 Å².